The first kappa shape index (κ1) is 19.1. The normalized spacial score (nSPS) is 9.92. The fourth-order valence-corrected chi connectivity index (χ4v) is 2.20. The molecule has 2 rings (SSSR count). The second-order valence-corrected chi connectivity index (χ2v) is 5.81. The Morgan fingerprint density at radius 1 is 1.12 bits per heavy atom. The van der Waals surface area contributed by atoms with Crippen LogP contribution in [0.25, 0.3) is 0 Å². The van der Waals surface area contributed by atoms with Crippen LogP contribution in [0.5, 0.6) is 5.75 Å². The zero-order valence-electron chi connectivity index (χ0n) is 15.0. The molecule has 0 aliphatic rings. The van der Waals surface area contributed by atoms with Gasteiger partial charge in [-0.15, -0.1) is 0 Å². The molecule has 0 saturated heterocycles. The molecule has 0 bridgehead atoms. The van der Waals surface area contributed by atoms with Gasteiger partial charge in [0.15, 0.2) is 0 Å². The number of carbonyl (C=O) groups is 2. The molecule has 0 atom stereocenters. The second kappa shape index (κ2) is 9.27. The first-order valence-corrected chi connectivity index (χ1v) is 8.19. The highest BCUT2D eigenvalue weighted by Crippen LogP contribution is 2.16. The van der Waals surface area contributed by atoms with Crippen molar-refractivity contribution in [2.75, 3.05) is 37.9 Å². The number of ether oxygens (including phenoxy) is 1. The van der Waals surface area contributed by atoms with E-state index in [9.17, 15) is 9.59 Å². The van der Waals surface area contributed by atoms with Crippen molar-refractivity contribution in [3.8, 4) is 5.75 Å². The van der Waals surface area contributed by atoms with Gasteiger partial charge in [-0.1, -0.05) is 18.7 Å². The third-order valence-corrected chi connectivity index (χ3v) is 3.47. The molecule has 0 radical (unpaired) electrons. The van der Waals surface area contributed by atoms with Crippen LogP contribution in [0.1, 0.15) is 10.4 Å². The first-order valence-electron chi connectivity index (χ1n) is 8.19. The van der Waals surface area contributed by atoms with E-state index in [1.54, 1.807) is 62.6 Å². The molecule has 136 valence electrons. The summed E-state index contributed by atoms with van der Waals surface area (Å²) in [6, 6.07) is 14.2. The smallest absolute Gasteiger partial charge is 0.253 e. The van der Waals surface area contributed by atoms with Crippen LogP contribution in [0.3, 0.4) is 0 Å². The molecule has 2 aromatic carbocycles. The van der Waals surface area contributed by atoms with Crippen LogP contribution in [0.4, 0.5) is 11.4 Å². The van der Waals surface area contributed by atoms with Gasteiger partial charge in [0.25, 0.3) is 5.91 Å². The lowest BCUT2D eigenvalue weighted by Gasteiger charge is -2.12. The number of nitrogens with zero attached hydrogens (tertiary/aromatic N) is 1. The first-order chi connectivity index (χ1) is 12.5. The highest BCUT2D eigenvalue weighted by molar-refractivity contribution is 5.96. The quantitative estimate of drug-likeness (QED) is 0.716. The van der Waals surface area contributed by atoms with Gasteiger partial charge in [-0.2, -0.15) is 0 Å². The van der Waals surface area contributed by atoms with E-state index < -0.39 is 0 Å². The Morgan fingerprint density at radius 3 is 2.50 bits per heavy atom. The second-order valence-electron chi connectivity index (χ2n) is 5.81. The number of hydrogen-bond acceptors (Lipinski definition) is 4. The Morgan fingerprint density at radius 2 is 1.85 bits per heavy atom. The van der Waals surface area contributed by atoms with Gasteiger partial charge in [-0.3, -0.25) is 9.59 Å². The highest BCUT2D eigenvalue weighted by Gasteiger charge is 2.09. The van der Waals surface area contributed by atoms with Gasteiger partial charge >= 0.3 is 0 Å². The number of benzene rings is 2. The monoisotopic (exact) mass is 353 g/mol. The Kier molecular flexibility index (Phi) is 6.79. The van der Waals surface area contributed by atoms with Crippen LogP contribution < -0.4 is 15.4 Å². The summed E-state index contributed by atoms with van der Waals surface area (Å²) >= 11 is 0. The lowest BCUT2D eigenvalue weighted by molar-refractivity contribution is -0.114. The summed E-state index contributed by atoms with van der Waals surface area (Å²) < 4.78 is 5.39. The SMILES string of the molecule is C=CCOc1ccc(NC(=O)CNc2cccc(C(=O)N(C)C)c2)cc1. The fraction of sp³-hybridized carbons (Fsp3) is 0.200. The van der Waals surface area contributed by atoms with Crippen LogP contribution in [0.2, 0.25) is 0 Å². The van der Waals surface area contributed by atoms with Crippen LogP contribution >= 0.6 is 0 Å². The van der Waals surface area contributed by atoms with Crippen molar-refractivity contribution in [1.82, 2.24) is 4.90 Å². The number of amides is 2. The molecule has 0 aliphatic heterocycles. The summed E-state index contributed by atoms with van der Waals surface area (Å²) in [6.07, 6.45) is 1.67. The minimum atomic E-state index is -0.186. The summed E-state index contributed by atoms with van der Waals surface area (Å²) in [5.74, 6) is 0.439. The standard InChI is InChI=1S/C20H23N3O3/c1-4-12-26-18-10-8-16(9-11-18)22-19(24)14-21-17-7-5-6-15(13-17)20(25)23(2)3/h4-11,13,21H,1,12,14H2,2-3H3,(H,22,24). The number of carbonyl (C=O) groups excluding carboxylic acids is 2. The summed E-state index contributed by atoms with van der Waals surface area (Å²) in [4.78, 5) is 25.6. The number of rotatable bonds is 8. The van der Waals surface area contributed by atoms with Gasteiger partial charge in [0.1, 0.15) is 12.4 Å². The van der Waals surface area contributed by atoms with E-state index in [0.29, 0.717) is 29.3 Å². The maximum atomic E-state index is 12.1. The van der Waals surface area contributed by atoms with E-state index in [1.165, 1.54) is 4.90 Å². The summed E-state index contributed by atoms with van der Waals surface area (Å²) in [6.45, 7) is 4.12. The van der Waals surface area contributed by atoms with Gasteiger partial charge in [-0.05, 0) is 42.5 Å². The molecule has 0 aromatic heterocycles. The summed E-state index contributed by atoms with van der Waals surface area (Å²) in [5.41, 5.74) is 1.95. The lowest BCUT2D eigenvalue weighted by atomic mass is 10.2. The van der Waals surface area contributed by atoms with Crippen LogP contribution in [0.15, 0.2) is 61.2 Å². The fourth-order valence-electron chi connectivity index (χ4n) is 2.20. The van der Waals surface area contributed by atoms with Gasteiger partial charge in [0, 0.05) is 31.0 Å². The van der Waals surface area contributed by atoms with Crippen molar-refractivity contribution in [2.24, 2.45) is 0 Å². The molecule has 2 aromatic rings. The van der Waals surface area contributed by atoms with Crippen molar-refractivity contribution < 1.29 is 14.3 Å². The molecule has 0 heterocycles. The predicted molar refractivity (Wildman–Crippen MR) is 104 cm³/mol. The summed E-state index contributed by atoms with van der Waals surface area (Å²) in [5, 5.41) is 5.82. The topological polar surface area (TPSA) is 70.7 Å². The van der Waals surface area contributed by atoms with Crippen molar-refractivity contribution in [1.29, 1.82) is 0 Å². The Bertz CT molecular complexity index is 770. The minimum Gasteiger partial charge on any atom is -0.490 e. The lowest BCUT2D eigenvalue weighted by Crippen LogP contribution is -2.23. The molecule has 6 nitrogen and oxygen atoms in total. The minimum absolute atomic E-state index is 0.0862. The van der Waals surface area contributed by atoms with Gasteiger partial charge in [-0.25, -0.2) is 0 Å². The Balaban J connectivity index is 1.88. The molecular formula is C20H23N3O3. The van der Waals surface area contributed by atoms with Crippen LogP contribution in [-0.2, 0) is 4.79 Å². The maximum Gasteiger partial charge on any atom is 0.253 e. The summed E-state index contributed by atoms with van der Waals surface area (Å²) in [7, 11) is 3.40. The van der Waals surface area contributed by atoms with Crippen molar-refractivity contribution in [3.63, 3.8) is 0 Å². The van der Waals surface area contributed by atoms with Crippen LogP contribution in [0, 0.1) is 0 Å². The van der Waals surface area contributed by atoms with Crippen molar-refractivity contribution in [2.45, 2.75) is 0 Å². The van der Waals surface area contributed by atoms with Crippen molar-refractivity contribution >= 4 is 23.2 Å². The molecule has 2 N–H and O–H groups in total. The third kappa shape index (κ3) is 5.66. The number of nitrogens with one attached hydrogen (secondary N) is 2. The van der Waals surface area contributed by atoms with Crippen molar-refractivity contribution in [3.05, 3.63) is 66.7 Å². The number of anilines is 2. The van der Waals surface area contributed by atoms with E-state index in [0.717, 1.165) is 0 Å². The molecule has 26 heavy (non-hydrogen) atoms. The van der Waals surface area contributed by atoms with E-state index in [-0.39, 0.29) is 18.4 Å². The molecule has 0 saturated carbocycles. The third-order valence-electron chi connectivity index (χ3n) is 3.47. The average molecular weight is 353 g/mol. The zero-order chi connectivity index (χ0) is 18.9. The average Bonchev–Trinajstić information content (AvgIpc) is 2.65. The maximum absolute atomic E-state index is 12.1. The molecular weight excluding hydrogens is 330 g/mol. The Labute approximate surface area is 153 Å². The predicted octanol–water partition coefficient (Wildman–Crippen LogP) is 3.00. The van der Waals surface area contributed by atoms with Gasteiger partial charge in [0.2, 0.25) is 5.91 Å². The molecule has 0 fully saturated rings. The number of hydrogen-bond donors (Lipinski definition) is 2. The zero-order valence-corrected chi connectivity index (χ0v) is 15.0. The van der Waals surface area contributed by atoms with Gasteiger partial charge in [0.05, 0.1) is 6.54 Å². The molecule has 0 spiro atoms. The van der Waals surface area contributed by atoms with Gasteiger partial charge < -0.3 is 20.3 Å². The van der Waals surface area contributed by atoms with E-state index >= 15 is 0 Å². The molecule has 6 heteroatoms. The van der Waals surface area contributed by atoms with E-state index in [4.69, 9.17) is 4.74 Å². The van der Waals surface area contributed by atoms with Crippen LogP contribution in [-0.4, -0.2) is 44.0 Å². The highest BCUT2D eigenvalue weighted by atomic mass is 16.5. The van der Waals surface area contributed by atoms with E-state index in [1.807, 2.05) is 6.07 Å². The molecule has 0 aliphatic carbocycles. The molecule has 2 amide bonds. The Hall–Kier alpha value is -3.28. The largest absolute Gasteiger partial charge is 0.490 e. The molecule has 0 unspecified atom stereocenters. The van der Waals surface area contributed by atoms with E-state index in [2.05, 4.69) is 17.2 Å².